The number of aromatic nitrogens is 4. The van der Waals surface area contributed by atoms with E-state index in [4.69, 9.17) is 9.97 Å². The van der Waals surface area contributed by atoms with Crippen LogP contribution < -0.4 is 0 Å². The summed E-state index contributed by atoms with van der Waals surface area (Å²) in [5.41, 5.74) is 4.09. The molecule has 0 fully saturated rings. The molecule has 28 heavy (non-hydrogen) atoms. The second-order valence-electron chi connectivity index (χ2n) is 7.05. The maximum Gasteiger partial charge on any atom is 0.133 e. The summed E-state index contributed by atoms with van der Waals surface area (Å²) < 4.78 is 4.21. The van der Waals surface area contributed by atoms with Gasteiger partial charge in [0.2, 0.25) is 0 Å². The van der Waals surface area contributed by atoms with Crippen molar-refractivity contribution in [3.63, 3.8) is 0 Å². The van der Waals surface area contributed by atoms with Crippen LogP contribution in [0.25, 0.3) is 46.1 Å². The first-order valence-corrected chi connectivity index (χ1v) is 9.30. The molecule has 3 heterocycles. The molecule has 8 bridgehead atoms. The van der Waals surface area contributed by atoms with E-state index in [-0.39, 0.29) is 0 Å². The maximum atomic E-state index is 4.79. The Balaban J connectivity index is 1.94. The SMILES string of the molecule is Cn1c2nc(cc3cccc(c3)n(C)c3nc(cc4cccc1c4)C=C3)C=C2. The highest BCUT2D eigenvalue weighted by Gasteiger charge is 2.04. The zero-order valence-electron chi connectivity index (χ0n) is 15.9. The fourth-order valence-corrected chi connectivity index (χ4v) is 3.52. The van der Waals surface area contributed by atoms with Crippen LogP contribution in [0.2, 0.25) is 0 Å². The lowest BCUT2D eigenvalue weighted by atomic mass is 10.2. The van der Waals surface area contributed by atoms with E-state index in [0.29, 0.717) is 0 Å². The largest absolute Gasteiger partial charge is 0.329 e. The minimum Gasteiger partial charge on any atom is -0.329 e. The van der Waals surface area contributed by atoms with Gasteiger partial charge in [0, 0.05) is 25.1 Å². The summed E-state index contributed by atoms with van der Waals surface area (Å²) in [5, 5.41) is 2.23. The average Bonchev–Trinajstić information content (AvgIpc) is 3.36. The molecule has 2 aliphatic rings. The summed E-state index contributed by atoms with van der Waals surface area (Å²) >= 11 is 0. The van der Waals surface area contributed by atoms with E-state index >= 15 is 0 Å². The van der Waals surface area contributed by atoms with E-state index in [1.807, 2.05) is 14.1 Å². The van der Waals surface area contributed by atoms with E-state index < -0.39 is 0 Å². The molecule has 0 aliphatic carbocycles. The summed E-state index contributed by atoms with van der Waals surface area (Å²) in [7, 11) is 4.09. The molecule has 2 aliphatic heterocycles. The molecule has 0 atom stereocenters. The van der Waals surface area contributed by atoms with Gasteiger partial charge in [-0.15, -0.1) is 0 Å². The van der Waals surface area contributed by atoms with Crippen molar-refractivity contribution in [1.82, 2.24) is 19.1 Å². The number of hydrogen-bond donors (Lipinski definition) is 0. The van der Waals surface area contributed by atoms with Gasteiger partial charge in [0.15, 0.2) is 0 Å². The summed E-state index contributed by atoms with van der Waals surface area (Å²) in [4.78, 5) is 9.59. The summed E-state index contributed by atoms with van der Waals surface area (Å²) in [5.74, 6) is 1.86. The standard InChI is InChI=1S/C24H20N4/c1-27-21-7-3-5-17(15-21)13-20-10-12-24(26-20)28(2)22-8-4-6-18(16-22)14-19-9-11-23(27)25-19/h3-16H,1-2H3. The minimum atomic E-state index is 0.928. The van der Waals surface area contributed by atoms with E-state index in [9.17, 15) is 0 Å². The van der Waals surface area contributed by atoms with Gasteiger partial charge in [0.05, 0.1) is 11.4 Å². The number of benzene rings is 2. The Morgan fingerprint density at radius 3 is 1.50 bits per heavy atom. The van der Waals surface area contributed by atoms with Gasteiger partial charge >= 0.3 is 0 Å². The highest BCUT2D eigenvalue weighted by Crippen LogP contribution is 2.18. The highest BCUT2D eigenvalue weighted by molar-refractivity contribution is 5.77. The molecule has 0 saturated carbocycles. The summed E-state index contributed by atoms with van der Waals surface area (Å²) in [6, 6.07) is 21.0. The van der Waals surface area contributed by atoms with E-state index in [1.165, 1.54) is 0 Å². The summed E-state index contributed by atoms with van der Waals surface area (Å²) in [6.45, 7) is 0. The lowest BCUT2D eigenvalue weighted by Gasteiger charge is -2.03. The Morgan fingerprint density at radius 1 is 0.571 bits per heavy atom. The zero-order valence-corrected chi connectivity index (χ0v) is 15.9. The quantitative estimate of drug-likeness (QED) is 0.377. The second-order valence-corrected chi connectivity index (χ2v) is 7.05. The van der Waals surface area contributed by atoms with Crippen LogP contribution >= 0.6 is 0 Å². The van der Waals surface area contributed by atoms with Crippen LogP contribution in [-0.4, -0.2) is 19.1 Å². The van der Waals surface area contributed by atoms with Crippen molar-refractivity contribution < 1.29 is 0 Å². The molecule has 136 valence electrons. The first kappa shape index (κ1) is 16.5. The molecular formula is C24H20N4. The van der Waals surface area contributed by atoms with Crippen LogP contribution in [0.15, 0.2) is 60.7 Å². The third-order valence-electron chi connectivity index (χ3n) is 5.13. The molecule has 0 spiro atoms. The molecule has 1 aromatic heterocycles. The van der Waals surface area contributed by atoms with Gasteiger partial charge in [-0.2, -0.15) is 0 Å². The van der Waals surface area contributed by atoms with Crippen molar-refractivity contribution >= 4 is 46.1 Å². The van der Waals surface area contributed by atoms with Crippen molar-refractivity contribution in [2.45, 2.75) is 0 Å². The minimum absolute atomic E-state index is 0.928. The fraction of sp³-hybridized carbons (Fsp3) is 0.0833. The molecule has 4 heteroatoms. The lowest BCUT2D eigenvalue weighted by Crippen LogP contribution is -1.96. The topological polar surface area (TPSA) is 35.6 Å². The Bertz CT molecular complexity index is 1230. The van der Waals surface area contributed by atoms with Gasteiger partial charge in [-0.05, 0) is 71.5 Å². The van der Waals surface area contributed by atoms with Crippen molar-refractivity contribution in [1.29, 1.82) is 0 Å². The van der Waals surface area contributed by atoms with Crippen LogP contribution in [0.1, 0.15) is 23.0 Å². The van der Waals surface area contributed by atoms with Gasteiger partial charge < -0.3 is 9.13 Å². The number of hydrogen-bond acceptors (Lipinski definition) is 2. The Labute approximate surface area is 163 Å². The van der Waals surface area contributed by atoms with Crippen LogP contribution in [0.3, 0.4) is 0 Å². The predicted molar refractivity (Wildman–Crippen MR) is 117 cm³/mol. The monoisotopic (exact) mass is 364 g/mol. The van der Waals surface area contributed by atoms with Crippen LogP contribution in [0.4, 0.5) is 0 Å². The van der Waals surface area contributed by atoms with E-state index in [2.05, 4.69) is 94.1 Å². The van der Waals surface area contributed by atoms with Crippen molar-refractivity contribution in [3.05, 3.63) is 83.7 Å². The number of nitrogens with zero attached hydrogens (tertiary/aromatic N) is 4. The second kappa shape index (κ2) is 6.50. The molecule has 5 rings (SSSR count). The smallest absolute Gasteiger partial charge is 0.133 e. The third-order valence-corrected chi connectivity index (χ3v) is 5.13. The Morgan fingerprint density at radius 2 is 1.04 bits per heavy atom. The molecular weight excluding hydrogens is 344 g/mol. The molecule has 0 N–H and O–H groups in total. The van der Waals surface area contributed by atoms with Gasteiger partial charge in [-0.3, -0.25) is 0 Å². The van der Waals surface area contributed by atoms with Crippen molar-refractivity contribution in [2.24, 2.45) is 14.1 Å². The third kappa shape index (κ3) is 2.99. The molecule has 0 amide bonds. The van der Waals surface area contributed by atoms with Crippen molar-refractivity contribution in [3.8, 4) is 0 Å². The number of fused-ring (bicyclic) bond motifs is 8. The lowest BCUT2D eigenvalue weighted by molar-refractivity contribution is 0.900. The van der Waals surface area contributed by atoms with Gasteiger partial charge in [-0.25, -0.2) is 9.97 Å². The molecule has 0 saturated heterocycles. The van der Waals surface area contributed by atoms with Crippen LogP contribution in [-0.2, 0) is 14.1 Å². The van der Waals surface area contributed by atoms with Crippen LogP contribution in [0.5, 0.6) is 0 Å². The molecule has 0 unspecified atom stereocenters. The predicted octanol–water partition coefficient (Wildman–Crippen LogP) is 5.24. The van der Waals surface area contributed by atoms with Crippen molar-refractivity contribution in [2.75, 3.05) is 0 Å². The fourth-order valence-electron chi connectivity index (χ4n) is 3.52. The molecule has 3 aromatic rings. The average molecular weight is 364 g/mol. The first-order chi connectivity index (χ1) is 13.7. The van der Waals surface area contributed by atoms with Gasteiger partial charge in [0.25, 0.3) is 0 Å². The Hall–Kier alpha value is -3.66. The summed E-state index contributed by atoms with van der Waals surface area (Å²) in [6.07, 6.45) is 8.23. The van der Waals surface area contributed by atoms with Gasteiger partial charge in [-0.1, -0.05) is 24.3 Å². The first-order valence-electron chi connectivity index (χ1n) is 9.30. The Kier molecular flexibility index (Phi) is 3.83. The molecule has 4 nitrogen and oxygen atoms in total. The maximum absolute atomic E-state index is 4.79. The van der Waals surface area contributed by atoms with Crippen LogP contribution in [0, 0.1) is 0 Å². The highest BCUT2D eigenvalue weighted by atomic mass is 15.0. The number of rotatable bonds is 0. The molecule has 2 aromatic carbocycles. The zero-order chi connectivity index (χ0) is 19.1. The normalized spacial score (nSPS) is 12.4. The van der Waals surface area contributed by atoms with E-state index in [1.54, 1.807) is 0 Å². The molecule has 0 radical (unpaired) electrons. The van der Waals surface area contributed by atoms with E-state index in [0.717, 1.165) is 44.8 Å². The number of aryl methyl sites for hydroxylation is 2. The van der Waals surface area contributed by atoms with Gasteiger partial charge in [0.1, 0.15) is 11.6 Å².